The van der Waals surface area contributed by atoms with E-state index in [4.69, 9.17) is 14.2 Å². The van der Waals surface area contributed by atoms with Crippen molar-refractivity contribution in [2.24, 2.45) is 0 Å². The summed E-state index contributed by atoms with van der Waals surface area (Å²) in [6.45, 7) is 2.83. The molecule has 1 heterocycles. The Hall–Kier alpha value is -1.95. The van der Waals surface area contributed by atoms with Gasteiger partial charge in [-0.15, -0.1) is 0 Å². The van der Waals surface area contributed by atoms with Gasteiger partial charge in [-0.1, -0.05) is 13.3 Å². The average molecular weight is 337 g/mol. The van der Waals surface area contributed by atoms with Crippen molar-refractivity contribution in [1.29, 1.82) is 0 Å². The first-order chi connectivity index (χ1) is 11.6. The first-order valence-electron chi connectivity index (χ1n) is 8.35. The molecule has 0 spiro atoms. The minimum Gasteiger partial charge on any atom is -0.496 e. The molecule has 1 aromatic carbocycles. The number of rotatable bonds is 7. The Morgan fingerprint density at radius 1 is 1.17 bits per heavy atom. The van der Waals surface area contributed by atoms with Gasteiger partial charge in [-0.3, -0.25) is 9.69 Å². The number of likely N-dealkylation sites (tertiary alicyclic amines) is 1. The highest BCUT2D eigenvalue weighted by atomic mass is 16.5. The first-order valence-corrected chi connectivity index (χ1v) is 8.35. The molecule has 0 aliphatic carbocycles. The van der Waals surface area contributed by atoms with E-state index in [0.717, 1.165) is 31.4 Å². The van der Waals surface area contributed by atoms with Gasteiger partial charge in [0.1, 0.15) is 11.8 Å². The molecule has 1 aliphatic heterocycles. The number of aliphatic carboxylic acids is 1. The lowest BCUT2D eigenvalue weighted by atomic mass is 9.94. The van der Waals surface area contributed by atoms with E-state index in [9.17, 15) is 9.90 Å². The molecule has 6 heteroatoms. The van der Waals surface area contributed by atoms with Gasteiger partial charge in [0.25, 0.3) is 0 Å². The normalized spacial score (nSPS) is 19.6. The van der Waals surface area contributed by atoms with Gasteiger partial charge in [-0.2, -0.15) is 0 Å². The molecule has 0 radical (unpaired) electrons. The molecule has 1 fully saturated rings. The van der Waals surface area contributed by atoms with E-state index in [1.807, 2.05) is 6.07 Å². The quantitative estimate of drug-likeness (QED) is 0.824. The second kappa shape index (κ2) is 8.24. The molecular weight excluding hydrogens is 310 g/mol. The van der Waals surface area contributed by atoms with Gasteiger partial charge in [0.2, 0.25) is 0 Å². The predicted octanol–water partition coefficient (Wildman–Crippen LogP) is 3.10. The van der Waals surface area contributed by atoms with Crippen LogP contribution in [0, 0.1) is 0 Å². The maximum Gasteiger partial charge on any atom is 0.320 e. The van der Waals surface area contributed by atoms with Crippen LogP contribution < -0.4 is 14.2 Å². The monoisotopic (exact) mass is 337 g/mol. The van der Waals surface area contributed by atoms with Crippen molar-refractivity contribution in [1.82, 2.24) is 4.90 Å². The van der Waals surface area contributed by atoms with E-state index in [2.05, 4.69) is 11.8 Å². The maximum absolute atomic E-state index is 11.7. The number of methoxy groups -OCH3 is 3. The summed E-state index contributed by atoms with van der Waals surface area (Å²) in [6.07, 6.45) is 3.43. The molecule has 6 nitrogen and oxygen atoms in total. The van der Waals surface area contributed by atoms with Gasteiger partial charge < -0.3 is 19.3 Å². The number of piperidine rings is 1. The molecule has 24 heavy (non-hydrogen) atoms. The summed E-state index contributed by atoms with van der Waals surface area (Å²) < 4.78 is 16.3. The molecule has 0 amide bonds. The van der Waals surface area contributed by atoms with Crippen LogP contribution in [0.4, 0.5) is 0 Å². The Labute approximate surface area is 143 Å². The molecular formula is C18H27NO5. The Balaban J connectivity index is 2.47. The topological polar surface area (TPSA) is 68.2 Å². The zero-order chi connectivity index (χ0) is 17.7. The molecule has 2 atom stereocenters. The zero-order valence-corrected chi connectivity index (χ0v) is 14.9. The van der Waals surface area contributed by atoms with Crippen molar-refractivity contribution in [3.63, 3.8) is 0 Å². The summed E-state index contributed by atoms with van der Waals surface area (Å²) in [4.78, 5) is 13.8. The summed E-state index contributed by atoms with van der Waals surface area (Å²) >= 11 is 0. The largest absolute Gasteiger partial charge is 0.496 e. The van der Waals surface area contributed by atoms with Crippen molar-refractivity contribution < 1.29 is 24.1 Å². The van der Waals surface area contributed by atoms with Crippen molar-refractivity contribution in [3.05, 3.63) is 17.7 Å². The van der Waals surface area contributed by atoms with E-state index in [-0.39, 0.29) is 6.04 Å². The van der Waals surface area contributed by atoms with Gasteiger partial charge in [0, 0.05) is 17.7 Å². The smallest absolute Gasteiger partial charge is 0.320 e. The Kier molecular flexibility index (Phi) is 6.31. The van der Waals surface area contributed by atoms with Gasteiger partial charge in [-0.05, 0) is 31.9 Å². The maximum atomic E-state index is 11.7. The van der Waals surface area contributed by atoms with Gasteiger partial charge in [-0.25, -0.2) is 0 Å². The van der Waals surface area contributed by atoms with Crippen molar-refractivity contribution in [2.45, 2.75) is 44.7 Å². The lowest BCUT2D eigenvalue weighted by molar-refractivity contribution is -0.146. The lowest BCUT2D eigenvalue weighted by Crippen LogP contribution is -2.46. The number of benzene rings is 1. The number of carboxylic acids is 1. The van der Waals surface area contributed by atoms with Crippen LogP contribution in [0.2, 0.25) is 0 Å². The SMILES string of the molecule is CCC(c1cc(OC)c(OC)cc1OC)N1CCCCC1C(=O)O. The number of carboxylic acid groups (broad SMARTS) is 1. The van der Waals surface area contributed by atoms with E-state index in [0.29, 0.717) is 23.7 Å². The summed E-state index contributed by atoms with van der Waals surface area (Å²) in [5.41, 5.74) is 0.936. The molecule has 2 unspecified atom stereocenters. The number of ether oxygens (including phenoxy) is 3. The first kappa shape index (κ1) is 18.4. The van der Waals surface area contributed by atoms with Crippen molar-refractivity contribution in [3.8, 4) is 17.2 Å². The zero-order valence-electron chi connectivity index (χ0n) is 14.9. The minimum atomic E-state index is -0.757. The fraction of sp³-hybridized carbons (Fsp3) is 0.611. The van der Waals surface area contributed by atoms with E-state index in [1.165, 1.54) is 0 Å². The highest BCUT2D eigenvalue weighted by molar-refractivity contribution is 5.73. The summed E-state index contributed by atoms with van der Waals surface area (Å²) in [5.74, 6) is 1.15. The number of nitrogens with zero attached hydrogens (tertiary/aromatic N) is 1. The third-order valence-corrected chi connectivity index (χ3v) is 4.71. The Bertz CT molecular complexity index is 575. The Morgan fingerprint density at radius 2 is 1.79 bits per heavy atom. The molecule has 0 saturated carbocycles. The van der Waals surface area contributed by atoms with Crippen LogP contribution in [0.25, 0.3) is 0 Å². The van der Waals surface area contributed by atoms with Crippen LogP contribution in [0.5, 0.6) is 17.2 Å². The molecule has 134 valence electrons. The van der Waals surface area contributed by atoms with E-state index in [1.54, 1.807) is 27.4 Å². The minimum absolute atomic E-state index is 0.0406. The number of hydrogen-bond acceptors (Lipinski definition) is 5. The van der Waals surface area contributed by atoms with Crippen LogP contribution >= 0.6 is 0 Å². The lowest BCUT2D eigenvalue weighted by Gasteiger charge is -2.39. The van der Waals surface area contributed by atoms with E-state index < -0.39 is 12.0 Å². The summed E-state index contributed by atoms with van der Waals surface area (Å²) in [6, 6.07) is 3.21. The standard InChI is InChI=1S/C18H27NO5/c1-5-13(19-9-7-6-8-14(19)18(20)21)12-10-16(23-3)17(24-4)11-15(12)22-2/h10-11,13-14H,5-9H2,1-4H3,(H,20,21). The highest BCUT2D eigenvalue weighted by Gasteiger charge is 2.35. The summed E-state index contributed by atoms with van der Waals surface area (Å²) in [5, 5.41) is 9.59. The van der Waals surface area contributed by atoms with Crippen LogP contribution in [0.15, 0.2) is 12.1 Å². The third kappa shape index (κ3) is 3.59. The van der Waals surface area contributed by atoms with Crippen molar-refractivity contribution in [2.75, 3.05) is 27.9 Å². The van der Waals surface area contributed by atoms with Crippen LogP contribution in [-0.2, 0) is 4.79 Å². The van der Waals surface area contributed by atoms with Crippen LogP contribution in [0.3, 0.4) is 0 Å². The van der Waals surface area contributed by atoms with Crippen LogP contribution in [-0.4, -0.2) is 49.9 Å². The molecule has 2 rings (SSSR count). The fourth-order valence-corrected chi connectivity index (χ4v) is 3.54. The Morgan fingerprint density at radius 3 is 2.33 bits per heavy atom. The van der Waals surface area contributed by atoms with Crippen molar-refractivity contribution >= 4 is 5.97 Å². The highest BCUT2D eigenvalue weighted by Crippen LogP contribution is 2.41. The molecule has 1 aromatic rings. The third-order valence-electron chi connectivity index (χ3n) is 4.71. The molecule has 0 bridgehead atoms. The second-order valence-electron chi connectivity index (χ2n) is 5.96. The second-order valence-corrected chi connectivity index (χ2v) is 5.96. The molecule has 1 N–H and O–H groups in total. The predicted molar refractivity (Wildman–Crippen MR) is 91.1 cm³/mol. The molecule has 1 aliphatic rings. The molecule has 0 aromatic heterocycles. The molecule has 1 saturated heterocycles. The van der Waals surface area contributed by atoms with Crippen LogP contribution in [0.1, 0.15) is 44.2 Å². The summed E-state index contributed by atoms with van der Waals surface area (Å²) in [7, 11) is 4.79. The van der Waals surface area contributed by atoms with E-state index >= 15 is 0 Å². The number of carbonyl (C=O) groups is 1. The van der Waals surface area contributed by atoms with Gasteiger partial charge >= 0.3 is 5.97 Å². The van der Waals surface area contributed by atoms with Gasteiger partial charge in [0.05, 0.1) is 21.3 Å². The van der Waals surface area contributed by atoms with Gasteiger partial charge in [0.15, 0.2) is 11.5 Å². The average Bonchev–Trinajstić information content (AvgIpc) is 2.62. The fourth-order valence-electron chi connectivity index (χ4n) is 3.54. The number of hydrogen-bond donors (Lipinski definition) is 1.